The lowest BCUT2D eigenvalue weighted by molar-refractivity contribution is -0.116. The molecule has 0 saturated heterocycles. The Morgan fingerprint density at radius 2 is 1.79 bits per heavy atom. The normalized spacial score (nSPS) is 11.1. The number of sulfonamides is 1. The van der Waals surface area contributed by atoms with E-state index in [4.69, 9.17) is 4.74 Å². The predicted octanol–water partition coefficient (Wildman–Crippen LogP) is 3.89. The third kappa shape index (κ3) is 6.27. The zero-order valence-corrected chi connectivity index (χ0v) is 17.7. The molecule has 6 nitrogen and oxygen atoms in total. The molecule has 0 aliphatic rings. The Labute approximate surface area is 167 Å². The summed E-state index contributed by atoms with van der Waals surface area (Å²) < 4.78 is 31.3. The molecule has 2 aromatic rings. The molecule has 1 amide bonds. The first kappa shape index (κ1) is 21.8. The van der Waals surface area contributed by atoms with E-state index >= 15 is 0 Å². The number of rotatable bonds is 9. The minimum atomic E-state index is -3.44. The summed E-state index contributed by atoms with van der Waals surface area (Å²) in [6.45, 7) is 6.55. The summed E-state index contributed by atoms with van der Waals surface area (Å²) in [4.78, 5) is 12.2. The number of carbonyl (C=O) groups excluding carboxylic acids is 1. The van der Waals surface area contributed by atoms with Crippen LogP contribution in [0.5, 0.6) is 5.75 Å². The van der Waals surface area contributed by atoms with Crippen LogP contribution in [0.15, 0.2) is 42.5 Å². The highest BCUT2D eigenvalue weighted by Crippen LogP contribution is 2.24. The molecule has 28 heavy (non-hydrogen) atoms. The summed E-state index contributed by atoms with van der Waals surface area (Å²) in [5.74, 6) is 0.594. The van der Waals surface area contributed by atoms with Gasteiger partial charge in [0.2, 0.25) is 15.9 Å². The number of benzene rings is 2. The molecule has 0 heterocycles. The van der Waals surface area contributed by atoms with Gasteiger partial charge in [-0.25, -0.2) is 8.42 Å². The first-order chi connectivity index (χ1) is 13.2. The van der Waals surface area contributed by atoms with Crippen molar-refractivity contribution in [2.24, 2.45) is 0 Å². The Morgan fingerprint density at radius 1 is 1.11 bits per heavy atom. The van der Waals surface area contributed by atoms with Gasteiger partial charge in [0, 0.05) is 18.7 Å². The number of carbonyl (C=O) groups is 1. The predicted molar refractivity (Wildman–Crippen MR) is 114 cm³/mol. The van der Waals surface area contributed by atoms with Crippen molar-refractivity contribution in [1.82, 2.24) is 0 Å². The van der Waals surface area contributed by atoms with Crippen LogP contribution < -0.4 is 14.4 Å². The molecule has 0 radical (unpaired) electrons. The molecule has 0 aliphatic carbocycles. The second kappa shape index (κ2) is 9.59. The van der Waals surface area contributed by atoms with E-state index in [0.29, 0.717) is 24.4 Å². The third-order valence-corrected chi connectivity index (χ3v) is 5.43. The standard InChI is InChI=1S/C21H28N2O4S/c1-5-27-19-12-10-18(11-13-19)22-21(24)7-6-14-23(28(4,25)26)20-15-16(2)8-9-17(20)3/h8-13,15H,5-7,14H2,1-4H3,(H,22,24). The van der Waals surface area contributed by atoms with Gasteiger partial charge in [0.15, 0.2) is 0 Å². The Bertz CT molecular complexity index is 909. The van der Waals surface area contributed by atoms with Crippen molar-refractivity contribution in [2.45, 2.75) is 33.6 Å². The van der Waals surface area contributed by atoms with Crippen molar-refractivity contribution in [1.29, 1.82) is 0 Å². The van der Waals surface area contributed by atoms with Gasteiger partial charge in [-0.05, 0) is 68.7 Å². The second-order valence-corrected chi connectivity index (χ2v) is 8.64. The van der Waals surface area contributed by atoms with Crippen LogP contribution in [0.3, 0.4) is 0 Å². The van der Waals surface area contributed by atoms with E-state index in [-0.39, 0.29) is 18.9 Å². The number of ether oxygens (including phenoxy) is 1. The van der Waals surface area contributed by atoms with E-state index in [0.717, 1.165) is 16.9 Å². The van der Waals surface area contributed by atoms with Gasteiger partial charge in [-0.3, -0.25) is 9.10 Å². The molecule has 2 aromatic carbocycles. The average Bonchev–Trinajstić information content (AvgIpc) is 2.62. The summed E-state index contributed by atoms with van der Waals surface area (Å²) in [6.07, 6.45) is 1.84. The lowest BCUT2D eigenvalue weighted by atomic mass is 10.1. The Balaban J connectivity index is 1.96. The number of amides is 1. The Kier molecular flexibility index (Phi) is 7.45. The largest absolute Gasteiger partial charge is 0.494 e. The van der Waals surface area contributed by atoms with E-state index in [1.165, 1.54) is 10.6 Å². The number of anilines is 2. The van der Waals surface area contributed by atoms with Gasteiger partial charge in [-0.2, -0.15) is 0 Å². The molecule has 0 spiro atoms. The summed E-state index contributed by atoms with van der Waals surface area (Å²) in [5, 5.41) is 2.82. The van der Waals surface area contributed by atoms with E-state index in [1.807, 2.05) is 39.0 Å². The van der Waals surface area contributed by atoms with Gasteiger partial charge in [-0.1, -0.05) is 12.1 Å². The van der Waals surface area contributed by atoms with E-state index < -0.39 is 10.0 Å². The topological polar surface area (TPSA) is 75.7 Å². The second-order valence-electron chi connectivity index (χ2n) is 6.73. The number of nitrogens with zero attached hydrogens (tertiary/aromatic N) is 1. The molecule has 0 bridgehead atoms. The average molecular weight is 405 g/mol. The number of nitrogens with one attached hydrogen (secondary N) is 1. The lowest BCUT2D eigenvalue weighted by Gasteiger charge is -2.24. The van der Waals surface area contributed by atoms with Gasteiger partial charge in [0.25, 0.3) is 0 Å². The molecule has 0 aliphatic heterocycles. The van der Waals surface area contributed by atoms with Gasteiger partial charge < -0.3 is 10.1 Å². The molecule has 152 valence electrons. The molecule has 0 unspecified atom stereocenters. The van der Waals surface area contributed by atoms with Crippen LogP contribution in [-0.4, -0.2) is 33.7 Å². The molecule has 0 saturated carbocycles. The highest BCUT2D eigenvalue weighted by molar-refractivity contribution is 7.92. The highest BCUT2D eigenvalue weighted by Gasteiger charge is 2.19. The van der Waals surface area contributed by atoms with Crippen LogP contribution in [-0.2, 0) is 14.8 Å². The fraction of sp³-hybridized carbons (Fsp3) is 0.381. The first-order valence-corrected chi connectivity index (χ1v) is 11.1. The molecule has 0 fully saturated rings. The maximum Gasteiger partial charge on any atom is 0.232 e. The van der Waals surface area contributed by atoms with Crippen molar-refractivity contribution >= 4 is 27.3 Å². The maximum absolute atomic E-state index is 12.3. The summed E-state index contributed by atoms with van der Waals surface area (Å²) in [7, 11) is -3.44. The van der Waals surface area contributed by atoms with Gasteiger partial charge in [0.1, 0.15) is 5.75 Å². The van der Waals surface area contributed by atoms with Crippen LogP contribution >= 0.6 is 0 Å². The molecule has 7 heteroatoms. The number of aryl methyl sites for hydroxylation is 2. The van der Waals surface area contributed by atoms with E-state index in [9.17, 15) is 13.2 Å². The third-order valence-electron chi connectivity index (χ3n) is 4.25. The molecular formula is C21H28N2O4S. The number of hydrogen-bond acceptors (Lipinski definition) is 4. The number of hydrogen-bond donors (Lipinski definition) is 1. The van der Waals surface area contributed by atoms with Crippen molar-refractivity contribution in [3.63, 3.8) is 0 Å². The van der Waals surface area contributed by atoms with Crippen molar-refractivity contribution in [3.8, 4) is 5.75 Å². The quantitative estimate of drug-likeness (QED) is 0.688. The SMILES string of the molecule is CCOc1ccc(NC(=O)CCCN(c2cc(C)ccc2C)S(C)(=O)=O)cc1. The molecule has 1 N–H and O–H groups in total. The Hall–Kier alpha value is -2.54. The first-order valence-electron chi connectivity index (χ1n) is 9.28. The fourth-order valence-corrected chi connectivity index (χ4v) is 3.88. The van der Waals surface area contributed by atoms with Crippen LogP contribution in [0.4, 0.5) is 11.4 Å². The van der Waals surface area contributed by atoms with E-state index in [1.54, 1.807) is 24.3 Å². The highest BCUT2D eigenvalue weighted by atomic mass is 32.2. The van der Waals surface area contributed by atoms with Crippen LogP contribution in [0, 0.1) is 13.8 Å². The molecule has 0 aromatic heterocycles. The van der Waals surface area contributed by atoms with Gasteiger partial charge in [0.05, 0.1) is 18.6 Å². The molecule has 0 atom stereocenters. The minimum absolute atomic E-state index is 0.154. The van der Waals surface area contributed by atoms with E-state index in [2.05, 4.69) is 5.32 Å². The van der Waals surface area contributed by atoms with Crippen molar-refractivity contribution in [3.05, 3.63) is 53.6 Å². The van der Waals surface area contributed by atoms with Crippen molar-refractivity contribution in [2.75, 3.05) is 29.0 Å². The summed E-state index contributed by atoms with van der Waals surface area (Å²) in [5.41, 5.74) is 3.22. The fourth-order valence-electron chi connectivity index (χ4n) is 2.86. The maximum atomic E-state index is 12.3. The Morgan fingerprint density at radius 3 is 2.39 bits per heavy atom. The monoisotopic (exact) mass is 404 g/mol. The van der Waals surface area contributed by atoms with Crippen LogP contribution in [0.25, 0.3) is 0 Å². The zero-order chi connectivity index (χ0) is 20.7. The minimum Gasteiger partial charge on any atom is -0.494 e. The summed E-state index contributed by atoms with van der Waals surface area (Å²) in [6, 6.07) is 12.9. The van der Waals surface area contributed by atoms with Gasteiger partial charge in [-0.15, -0.1) is 0 Å². The van der Waals surface area contributed by atoms with Gasteiger partial charge >= 0.3 is 0 Å². The molecule has 2 rings (SSSR count). The van der Waals surface area contributed by atoms with Crippen LogP contribution in [0.2, 0.25) is 0 Å². The molecular weight excluding hydrogens is 376 g/mol. The van der Waals surface area contributed by atoms with Crippen molar-refractivity contribution < 1.29 is 17.9 Å². The smallest absolute Gasteiger partial charge is 0.232 e. The zero-order valence-electron chi connectivity index (χ0n) is 16.9. The summed E-state index contributed by atoms with van der Waals surface area (Å²) >= 11 is 0. The van der Waals surface area contributed by atoms with Crippen LogP contribution in [0.1, 0.15) is 30.9 Å². The lowest BCUT2D eigenvalue weighted by Crippen LogP contribution is -2.32.